The van der Waals surface area contributed by atoms with E-state index in [4.69, 9.17) is 9.47 Å². The van der Waals surface area contributed by atoms with Gasteiger partial charge >= 0.3 is 0 Å². The predicted octanol–water partition coefficient (Wildman–Crippen LogP) is 2.28. The van der Waals surface area contributed by atoms with Gasteiger partial charge in [0.1, 0.15) is 6.61 Å². The van der Waals surface area contributed by atoms with Crippen LogP contribution in [0.1, 0.15) is 25.0 Å². The molecule has 1 saturated heterocycles. The van der Waals surface area contributed by atoms with Crippen LogP contribution in [0.2, 0.25) is 0 Å². The van der Waals surface area contributed by atoms with Crippen LogP contribution in [0.5, 0.6) is 0 Å². The van der Waals surface area contributed by atoms with Crippen LogP contribution >= 0.6 is 0 Å². The topological polar surface area (TPSA) is 76.2 Å². The lowest BCUT2D eigenvalue weighted by molar-refractivity contribution is -0.128. The van der Waals surface area contributed by atoms with Gasteiger partial charge in [-0.15, -0.1) is 0 Å². The summed E-state index contributed by atoms with van der Waals surface area (Å²) in [5.74, 6) is -0.137. The molecule has 1 amide bonds. The van der Waals surface area contributed by atoms with E-state index in [9.17, 15) is 4.79 Å². The molecular weight excluding hydrogens is 306 g/mol. The van der Waals surface area contributed by atoms with Gasteiger partial charge in [0, 0.05) is 12.2 Å². The van der Waals surface area contributed by atoms with E-state index in [2.05, 4.69) is 15.5 Å². The number of hydrogen-bond donors (Lipinski definition) is 2. The molecule has 2 heterocycles. The number of aromatic amines is 1. The van der Waals surface area contributed by atoms with Crippen molar-refractivity contribution in [2.75, 3.05) is 19.8 Å². The predicted molar refractivity (Wildman–Crippen MR) is 90.3 cm³/mol. The van der Waals surface area contributed by atoms with Crippen LogP contribution < -0.4 is 5.32 Å². The Hall–Kier alpha value is -2.18. The van der Waals surface area contributed by atoms with Gasteiger partial charge in [-0.1, -0.05) is 30.3 Å². The Morgan fingerprint density at radius 1 is 1.33 bits per heavy atom. The molecule has 1 aromatic heterocycles. The zero-order valence-corrected chi connectivity index (χ0v) is 13.7. The van der Waals surface area contributed by atoms with Crippen molar-refractivity contribution < 1.29 is 14.3 Å². The van der Waals surface area contributed by atoms with Crippen molar-refractivity contribution in [2.45, 2.75) is 31.9 Å². The van der Waals surface area contributed by atoms with Gasteiger partial charge < -0.3 is 14.8 Å². The molecule has 2 aromatic rings. The number of rotatable bonds is 7. The largest absolute Gasteiger partial charge is 0.376 e. The van der Waals surface area contributed by atoms with Crippen molar-refractivity contribution in [1.82, 2.24) is 15.5 Å². The highest BCUT2D eigenvalue weighted by atomic mass is 16.5. The summed E-state index contributed by atoms with van der Waals surface area (Å²) in [7, 11) is 0. The second-order valence-electron chi connectivity index (χ2n) is 5.92. The lowest BCUT2D eigenvalue weighted by Crippen LogP contribution is -2.30. The molecule has 0 saturated carbocycles. The summed E-state index contributed by atoms with van der Waals surface area (Å²) < 4.78 is 11.0. The lowest BCUT2D eigenvalue weighted by atomic mass is 10.1. The highest BCUT2D eigenvalue weighted by Crippen LogP contribution is 2.16. The molecule has 0 aliphatic carbocycles. The van der Waals surface area contributed by atoms with Crippen LogP contribution in [0.15, 0.2) is 36.4 Å². The third kappa shape index (κ3) is 4.91. The van der Waals surface area contributed by atoms with Crippen LogP contribution in [0, 0.1) is 0 Å². The molecule has 6 heteroatoms. The van der Waals surface area contributed by atoms with E-state index in [1.807, 2.05) is 36.4 Å². The van der Waals surface area contributed by atoms with Crippen LogP contribution in [-0.4, -0.2) is 42.0 Å². The molecule has 1 fully saturated rings. The summed E-state index contributed by atoms with van der Waals surface area (Å²) >= 11 is 0. The number of nitrogens with zero attached hydrogens (tertiary/aromatic N) is 1. The third-order valence-electron chi connectivity index (χ3n) is 3.99. The third-order valence-corrected chi connectivity index (χ3v) is 3.99. The average molecular weight is 329 g/mol. The molecule has 0 bridgehead atoms. The minimum Gasteiger partial charge on any atom is -0.376 e. The van der Waals surface area contributed by atoms with Gasteiger partial charge in [-0.2, -0.15) is 5.10 Å². The molecule has 1 aliphatic rings. The number of aromatic nitrogens is 2. The molecule has 0 spiro atoms. The Labute approximate surface area is 141 Å². The van der Waals surface area contributed by atoms with E-state index in [1.165, 1.54) is 6.42 Å². The van der Waals surface area contributed by atoms with Crippen LogP contribution in [0.25, 0.3) is 11.3 Å². The van der Waals surface area contributed by atoms with Gasteiger partial charge in [-0.05, 0) is 25.3 Å². The zero-order chi connectivity index (χ0) is 16.6. The zero-order valence-electron chi connectivity index (χ0n) is 13.7. The molecule has 128 valence electrons. The molecule has 1 atom stereocenters. The maximum Gasteiger partial charge on any atom is 0.246 e. The highest BCUT2D eigenvalue weighted by molar-refractivity contribution is 5.77. The van der Waals surface area contributed by atoms with E-state index in [0.29, 0.717) is 13.2 Å². The van der Waals surface area contributed by atoms with E-state index in [-0.39, 0.29) is 18.6 Å². The summed E-state index contributed by atoms with van der Waals surface area (Å²) in [4.78, 5) is 11.8. The Morgan fingerprint density at radius 2 is 2.21 bits per heavy atom. The van der Waals surface area contributed by atoms with Gasteiger partial charge in [0.15, 0.2) is 0 Å². The highest BCUT2D eigenvalue weighted by Gasteiger charge is 2.14. The van der Waals surface area contributed by atoms with Gasteiger partial charge in [0.25, 0.3) is 0 Å². The van der Waals surface area contributed by atoms with Crippen LogP contribution in [0.4, 0.5) is 0 Å². The Kier molecular flexibility index (Phi) is 5.98. The number of nitrogens with one attached hydrogen (secondary N) is 2. The van der Waals surface area contributed by atoms with E-state index in [0.717, 1.165) is 36.4 Å². The van der Waals surface area contributed by atoms with E-state index >= 15 is 0 Å². The summed E-state index contributed by atoms with van der Waals surface area (Å²) in [6.45, 7) is 1.74. The van der Waals surface area contributed by atoms with Crippen LogP contribution in [-0.2, 0) is 20.8 Å². The Morgan fingerprint density at radius 3 is 3.00 bits per heavy atom. The summed E-state index contributed by atoms with van der Waals surface area (Å²) in [6.07, 6.45) is 3.43. The number of ether oxygens (including phenoxy) is 2. The lowest BCUT2D eigenvalue weighted by Gasteiger charge is -2.22. The van der Waals surface area contributed by atoms with Gasteiger partial charge in [0.2, 0.25) is 5.91 Å². The van der Waals surface area contributed by atoms with Crippen molar-refractivity contribution in [2.24, 2.45) is 0 Å². The molecule has 0 radical (unpaired) electrons. The van der Waals surface area contributed by atoms with E-state index in [1.54, 1.807) is 0 Å². The van der Waals surface area contributed by atoms with Crippen molar-refractivity contribution in [3.05, 3.63) is 42.1 Å². The fourth-order valence-corrected chi connectivity index (χ4v) is 2.68. The number of H-pyrrole nitrogens is 1. The monoisotopic (exact) mass is 329 g/mol. The number of amides is 1. The fraction of sp³-hybridized carbons (Fsp3) is 0.444. The number of hydrogen-bond acceptors (Lipinski definition) is 4. The smallest absolute Gasteiger partial charge is 0.246 e. The van der Waals surface area contributed by atoms with Crippen molar-refractivity contribution in [1.29, 1.82) is 0 Å². The Balaban J connectivity index is 1.38. The molecule has 6 nitrogen and oxygen atoms in total. The fourth-order valence-electron chi connectivity index (χ4n) is 2.68. The molecular formula is C18H23N3O3. The first-order chi connectivity index (χ1) is 11.8. The summed E-state index contributed by atoms with van der Waals surface area (Å²) in [5.41, 5.74) is 2.77. The van der Waals surface area contributed by atoms with Gasteiger partial charge in [-0.25, -0.2) is 0 Å². The molecule has 1 aliphatic heterocycles. The number of carbonyl (C=O) groups is 1. The van der Waals surface area contributed by atoms with Crippen LogP contribution in [0.3, 0.4) is 0 Å². The Bertz CT molecular complexity index is 636. The second kappa shape index (κ2) is 8.61. The molecule has 1 aromatic carbocycles. The van der Waals surface area contributed by atoms with Gasteiger partial charge in [-0.3, -0.25) is 9.89 Å². The number of benzene rings is 1. The first-order valence-corrected chi connectivity index (χ1v) is 8.37. The van der Waals surface area contributed by atoms with E-state index < -0.39 is 0 Å². The van der Waals surface area contributed by atoms with Gasteiger partial charge in [0.05, 0.1) is 30.6 Å². The first-order valence-electron chi connectivity index (χ1n) is 8.37. The normalized spacial score (nSPS) is 17.6. The number of carbonyl (C=O) groups excluding carboxylic acids is 1. The average Bonchev–Trinajstić information content (AvgIpc) is 3.11. The molecule has 0 unspecified atom stereocenters. The van der Waals surface area contributed by atoms with Crippen molar-refractivity contribution >= 4 is 5.91 Å². The maximum atomic E-state index is 11.8. The SMILES string of the molecule is O=C(COC[C@H]1CCCCO1)NCc1cc(-c2ccccc2)n[nH]1. The maximum absolute atomic E-state index is 11.8. The van der Waals surface area contributed by atoms with Crippen molar-refractivity contribution in [3.8, 4) is 11.3 Å². The van der Waals surface area contributed by atoms with Crippen molar-refractivity contribution in [3.63, 3.8) is 0 Å². The first kappa shape index (κ1) is 16.7. The standard InChI is InChI=1S/C18H23N3O3/c22-18(13-23-12-16-8-4-5-9-24-16)19-11-15-10-17(21-20-15)14-6-2-1-3-7-14/h1-3,6-7,10,16H,4-5,8-9,11-13H2,(H,19,22)(H,20,21)/t16-/m1/s1. The minimum atomic E-state index is -0.137. The second-order valence-corrected chi connectivity index (χ2v) is 5.92. The molecule has 24 heavy (non-hydrogen) atoms. The quantitative estimate of drug-likeness (QED) is 0.817. The summed E-state index contributed by atoms with van der Waals surface area (Å²) in [6, 6.07) is 11.8. The summed E-state index contributed by atoms with van der Waals surface area (Å²) in [5, 5.41) is 10.0. The minimum absolute atomic E-state index is 0.0551. The molecule has 2 N–H and O–H groups in total. The molecule has 3 rings (SSSR count).